The standard InChI is InChI=1S/C15H18F2N2O5.ClH/c1-4-23-12(20)15(16,17)14(18)8-13(2,3)24-11-6-5-9(19(21)22)7-10(11)14;/h5-7H,4,8,18H2,1-3H3;1H/t14-;/m1./s1. The smallest absolute Gasteiger partial charge is 0.379 e. The van der Waals surface area contributed by atoms with Crippen molar-refractivity contribution in [2.45, 2.75) is 44.3 Å². The number of rotatable bonds is 4. The highest BCUT2D eigenvalue weighted by molar-refractivity contribution is 5.85. The maximum Gasteiger partial charge on any atom is 0.379 e. The number of non-ortho nitro benzene ring substituents is 1. The molecule has 1 atom stereocenters. The lowest BCUT2D eigenvalue weighted by atomic mass is 9.74. The number of nitro groups is 1. The number of carbonyl (C=O) groups is 1. The van der Waals surface area contributed by atoms with Crippen LogP contribution >= 0.6 is 12.4 Å². The Morgan fingerprint density at radius 1 is 1.48 bits per heavy atom. The molecule has 25 heavy (non-hydrogen) atoms. The molecule has 0 aromatic heterocycles. The number of ether oxygens (including phenoxy) is 2. The zero-order valence-corrected chi connectivity index (χ0v) is 14.7. The van der Waals surface area contributed by atoms with E-state index in [0.29, 0.717) is 0 Å². The van der Waals surface area contributed by atoms with Gasteiger partial charge in [-0.15, -0.1) is 12.4 Å². The molecule has 1 aliphatic rings. The summed E-state index contributed by atoms with van der Waals surface area (Å²) in [5, 5.41) is 11.0. The molecule has 0 unspecified atom stereocenters. The Hall–Kier alpha value is -2.00. The molecule has 0 aliphatic carbocycles. The lowest BCUT2D eigenvalue weighted by molar-refractivity contribution is -0.385. The van der Waals surface area contributed by atoms with Crippen LogP contribution < -0.4 is 10.5 Å². The summed E-state index contributed by atoms with van der Waals surface area (Å²) in [7, 11) is 0. The van der Waals surface area contributed by atoms with E-state index in [1.54, 1.807) is 13.8 Å². The molecule has 1 aliphatic heterocycles. The van der Waals surface area contributed by atoms with E-state index in [0.717, 1.165) is 12.1 Å². The minimum atomic E-state index is -4.09. The molecule has 0 radical (unpaired) electrons. The molecule has 1 aromatic rings. The Bertz CT molecular complexity index is 698. The van der Waals surface area contributed by atoms with Crippen molar-refractivity contribution in [3.05, 3.63) is 33.9 Å². The molecule has 1 heterocycles. The average molecular weight is 381 g/mol. The van der Waals surface area contributed by atoms with Gasteiger partial charge in [0.05, 0.1) is 11.5 Å². The van der Waals surface area contributed by atoms with Crippen molar-refractivity contribution in [1.29, 1.82) is 0 Å². The van der Waals surface area contributed by atoms with Crippen molar-refractivity contribution in [1.82, 2.24) is 0 Å². The first-order valence-corrected chi connectivity index (χ1v) is 7.26. The lowest BCUT2D eigenvalue weighted by Crippen LogP contribution is -2.62. The molecule has 0 amide bonds. The molecular weight excluding hydrogens is 362 g/mol. The topological polar surface area (TPSA) is 105 Å². The van der Waals surface area contributed by atoms with Gasteiger partial charge in [-0.3, -0.25) is 10.1 Å². The third-order valence-corrected chi connectivity index (χ3v) is 3.84. The normalized spacial score (nSPS) is 21.4. The van der Waals surface area contributed by atoms with Crippen LogP contribution in [0.3, 0.4) is 0 Å². The monoisotopic (exact) mass is 380 g/mol. The van der Waals surface area contributed by atoms with E-state index in [1.807, 2.05) is 0 Å². The van der Waals surface area contributed by atoms with Crippen LogP contribution in [-0.4, -0.2) is 29.0 Å². The molecule has 2 rings (SSSR count). The van der Waals surface area contributed by atoms with Crippen LogP contribution in [0.2, 0.25) is 0 Å². The first-order chi connectivity index (χ1) is 10.9. The molecule has 0 spiro atoms. The summed E-state index contributed by atoms with van der Waals surface area (Å²) in [6.07, 6.45) is -0.431. The van der Waals surface area contributed by atoms with E-state index in [4.69, 9.17) is 10.5 Å². The summed E-state index contributed by atoms with van der Waals surface area (Å²) in [6, 6.07) is 3.25. The number of hydrogen-bond donors (Lipinski definition) is 1. The first-order valence-electron chi connectivity index (χ1n) is 7.26. The summed E-state index contributed by atoms with van der Waals surface area (Å²) in [5.41, 5.74) is 1.65. The van der Waals surface area contributed by atoms with E-state index in [1.165, 1.54) is 13.0 Å². The van der Waals surface area contributed by atoms with Gasteiger partial charge in [-0.1, -0.05) is 0 Å². The molecule has 10 heteroatoms. The largest absolute Gasteiger partial charge is 0.487 e. The Balaban J connectivity index is 0.00000312. The Kier molecular flexibility index (Phi) is 5.66. The van der Waals surface area contributed by atoms with Crippen molar-refractivity contribution in [2.75, 3.05) is 6.61 Å². The lowest BCUT2D eigenvalue weighted by Gasteiger charge is -2.46. The SMILES string of the molecule is CCOC(=O)C(F)(F)[C@@]1(N)CC(C)(C)Oc2ccc([N+](=O)[O-])cc21.Cl. The Morgan fingerprint density at radius 3 is 2.60 bits per heavy atom. The third-order valence-electron chi connectivity index (χ3n) is 3.84. The van der Waals surface area contributed by atoms with E-state index < -0.39 is 40.1 Å². The molecule has 0 fully saturated rings. The van der Waals surface area contributed by atoms with E-state index in [2.05, 4.69) is 4.74 Å². The first kappa shape index (κ1) is 21.0. The quantitative estimate of drug-likeness (QED) is 0.489. The molecule has 0 bridgehead atoms. The van der Waals surface area contributed by atoms with Gasteiger partial charge in [-0.05, 0) is 26.8 Å². The van der Waals surface area contributed by atoms with E-state index in [-0.39, 0.29) is 30.3 Å². The minimum absolute atomic E-state index is 0. The van der Waals surface area contributed by atoms with Gasteiger partial charge in [0.25, 0.3) is 5.69 Å². The summed E-state index contributed by atoms with van der Waals surface area (Å²) in [4.78, 5) is 22.0. The fourth-order valence-corrected chi connectivity index (χ4v) is 2.85. The molecule has 1 aromatic carbocycles. The number of nitrogens with two attached hydrogens (primary N) is 1. The highest BCUT2D eigenvalue weighted by Crippen LogP contribution is 2.50. The fraction of sp³-hybridized carbons (Fsp3) is 0.533. The Labute approximate surface area is 149 Å². The second kappa shape index (κ2) is 6.72. The van der Waals surface area contributed by atoms with Crippen LogP contribution in [0.15, 0.2) is 18.2 Å². The van der Waals surface area contributed by atoms with Gasteiger partial charge in [0.1, 0.15) is 16.9 Å². The summed E-state index contributed by atoms with van der Waals surface area (Å²) >= 11 is 0. The summed E-state index contributed by atoms with van der Waals surface area (Å²) in [5.74, 6) is -5.89. The molecule has 7 nitrogen and oxygen atoms in total. The maximum absolute atomic E-state index is 14.8. The van der Waals surface area contributed by atoms with Crippen molar-refractivity contribution in [3.63, 3.8) is 0 Å². The molecule has 140 valence electrons. The zero-order valence-electron chi connectivity index (χ0n) is 13.9. The Morgan fingerprint density at radius 2 is 2.08 bits per heavy atom. The van der Waals surface area contributed by atoms with Crippen LogP contribution in [0.1, 0.15) is 32.8 Å². The second-order valence-electron chi connectivity index (χ2n) is 6.24. The highest BCUT2D eigenvalue weighted by Gasteiger charge is 2.63. The number of benzene rings is 1. The number of nitrogens with zero attached hydrogens (tertiary/aromatic N) is 1. The van der Waals surface area contributed by atoms with E-state index >= 15 is 0 Å². The fourth-order valence-electron chi connectivity index (χ4n) is 2.85. The van der Waals surface area contributed by atoms with Crippen molar-refractivity contribution >= 4 is 24.1 Å². The molecule has 0 saturated heterocycles. The maximum atomic E-state index is 14.8. The van der Waals surface area contributed by atoms with Gasteiger partial charge < -0.3 is 15.2 Å². The second-order valence-corrected chi connectivity index (χ2v) is 6.24. The van der Waals surface area contributed by atoms with Gasteiger partial charge in [0.2, 0.25) is 0 Å². The zero-order chi connectivity index (χ0) is 18.3. The predicted octanol–water partition coefficient (Wildman–Crippen LogP) is 2.93. The van der Waals surface area contributed by atoms with Gasteiger partial charge in [0, 0.05) is 24.1 Å². The highest BCUT2D eigenvalue weighted by atomic mass is 35.5. The number of hydrogen-bond acceptors (Lipinski definition) is 6. The van der Waals surface area contributed by atoms with Gasteiger partial charge in [-0.2, -0.15) is 8.78 Å². The van der Waals surface area contributed by atoms with Gasteiger partial charge >= 0.3 is 11.9 Å². The molecule has 0 saturated carbocycles. The third kappa shape index (κ3) is 3.52. The van der Waals surface area contributed by atoms with Crippen LogP contribution in [0.5, 0.6) is 5.75 Å². The summed E-state index contributed by atoms with van der Waals surface area (Å²) < 4.78 is 39.6. The number of nitro benzene ring substituents is 1. The van der Waals surface area contributed by atoms with Crippen molar-refractivity contribution in [3.8, 4) is 5.75 Å². The minimum Gasteiger partial charge on any atom is -0.487 e. The summed E-state index contributed by atoms with van der Waals surface area (Å²) in [6.45, 7) is 4.23. The average Bonchev–Trinajstić information content (AvgIpc) is 2.45. The number of halogens is 3. The van der Waals surface area contributed by atoms with Crippen molar-refractivity contribution < 1.29 is 28.0 Å². The number of alkyl halides is 2. The van der Waals surface area contributed by atoms with Gasteiger partial charge in [0.15, 0.2) is 0 Å². The predicted molar refractivity (Wildman–Crippen MR) is 87.1 cm³/mol. The van der Waals surface area contributed by atoms with Crippen LogP contribution in [-0.2, 0) is 15.1 Å². The number of carbonyl (C=O) groups excluding carboxylic acids is 1. The van der Waals surface area contributed by atoms with Crippen LogP contribution in [0.4, 0.5) is 14.5 Å². The van der Waals surface area contributed by atoms with Crippen LogP contribution in [0, 0.1) is 10.1 Å². The molecular formula is C15H19ClF2N2O5. The number of fused-ring (bicyclic) bond motifs is 1. The van der Waals surface area contributed by atoms with Crippen molar-refractivity contribution in [2.24, 2.45) is 5.73 Å². The van der Waals surface area contributed by atoms with E-state index in [9.17, 15) is 23.7 Å². The number of esters is 1. The van der Waals surface area contributed by atoms with Gasteiger partial charge in [-0.25, -0.2) is 4.79 Å². The van der Waals surface area contributed by atoms with Crippen LogP contribution in [0.25, 0.3) is 0 Å². The molecule has 2 N–H and O–H groups in total.